The largest absolute Gasteiger partial charge is 0.388 e. The molecule has 2 aliphatic rings. The Morgan fingerprint density at radius 1 is 1.36 bits per heavy atom. The Morgan fingerprint density at radius 2 is 2.14 bits per heavy atom. The van der Waals surface area contributed by atoms with Gasteiger partial charge in [0, 0.05) is 33.4 Å². The Hall–Kier alpha value is -2.15. The van der Waals surface area contributed by atoms with Crippen molar-refractivity contribution in [3.05, 3.63) is 18.3 Å². The van der Waals surface area contributed by atoms with Crippen molar-refractivity contribution in [3.63, 3.8) is 0 Å². The maximum Gasteiger partial charge on any atom is 0.274 e. The molecule has 3 rings (SSSR count). The minimum atomic E-state index is -0.292. The van der Waals surface area contributed by atoms with Gasteiger partial charge in [-0.05, 0) is 25.2 Å². The molecule has 118 valence electrons. The van der Waals surface area contributed by atoms with Gasteiger partial charge in [-0.25, -0.2) is 4.98 Å². The maximum absolute atomic E-state index is 12.3. The minimum absolute atomic E-state index is 0.236. The van der Waals surface area contributed by atoms with Crippen molar-refractivity contribution < 1.29 is 9.63 Å². The van der Waals surface area contributed by atoms with E-state index < -0.39 is 0 Å². The summed E-state index contributed by atoms with van der Waals surface area (Å²) in [5.41, 5.74) is 1.13. The summed E-state index contributed by atoms with van der Waals surface area (Å²) in [4.78, 5) is 24.0. The number of piperidine rings is 1. The molecule has 0 aromatic carbocycles. The summed E-state index contributed by atoms with van der Waals surface area (Å²) in [6.45, 7) is 1.80. The SMILES string of the molecule is CN(C)c1ccc(NC(=O)C2=NOC3(CCNCC3)C2)nc1. The topological polar surface area (TPSA) is 78.9 Å². The van der Waals surface area contributed by atoms with Crippen molar-refractivity contribution in [2.24, 2.45) is 5.16 Å². The van der Waals surface area contributed by atoms with Crippen LogP contribution in [0.3, 0.4) is 0 Å². The van der Waals surface area contributed by atoms with Gasteiger partial charge in [0.15, 0.2) is 0 Å². The molecule has 0 atom stereocenters. The zero-order chi connectivity index (χ0) is 15.6. The van der Waals surface area contributed by atoms with Crippen LogP contribution in [0.25, 0.3) is 0 Å². The Balaban J connectivity index is 1.60. The summed E-state index contributed by atoms with van der Waals surface area (Å²) in [5.74, 6) is 0.282. The lowest BCUT2D eigenvalue weighted by atomic mass is 9.87. The molecular formula is C15H21N5O2. The highest BCUT2D eigenvalue weighted by molar-refractivity contribution is 6.43. The van der Waals surface area contributed by atoms with Crippen LogP contribution in [-0.4, -0.2) is 49.4 Å². The van der Waals surface area contributed by atoms with Crippen LogP contribution in [-0.2, 0) is 9.63 Å². The predicted molar refractivity (Wildman–Crippen MR) is 85.2 cm³/mol. The van der Waals surface area contributed by atoms with E-state index in [9.17, 15) is 4.79 Å². The molecule has 7 nitrogen and oxygen atoms in total. The second kappa shape index (κ2) is 5.92. The van der Waals surface area contributed by atoms with Crippen LogP contribution in [0.4, 0.5) is 11.5 Å². The highest BCUT2D eigenvalue weighted by Crippen LogP contribution is 2.32. The number of hydrogen-bond acceptors (Lipinski definition) is 6. The lowest BCUT2D eigenvalue weighted by molar-refractivity contribution is -0.110. The van der Waals surface area contributed by atoms with Crippen molar-refractivity contribution in [2.75, 3.05) is 37.4 Å². The van der Waals surface area contributed by atoms with Gasteiger partial charge in [-0.15, -0.1) is 0 Å². The molecule has 1 amide bonds. The zero-order valence-corrected chi connectivity index (χ0v) is 12.9. The quantitative estimate of drug-likeness (QED) is 0.870. The lowest BCUT2D eigenvalue weighted by Crippen LogP contribution is -2.42. The van der Waals surface area contributed by atoms with E-state index in [-0.39, 0.29) is 11.5 Å². The number of amides is 1. The Labute approximate surface area is 129 Å². The van der Waals surface area contributed by atoms with E-state index >= 15 is 0 Å². The molecule has 7 heteroatoms. The van der Waals surface area contributed by atoms with Crippen LogP contribution in [0.5, 0.6) is 0 Å². The Kier molecular flexibility index (Phi) is 3.98. The van der Waals surface area contributed by atoms with Gasteiger partial charge in [0.1, 0.15) is 17.1 Å². The molecule has 1 saturated heterocycles. The molecule has 2 N–H and O–H groups in total. The van der Waals surface area contributed by atoms with Crippen LogP contribution in [0.15, 0.2) is 23.5 Å². The normalized spacial score (nSPS) is 19.5. The number of nitrogens with one attached hydrogen (secondary N) is 2. The van der Waals surface area contributed by atoms with Crippen molar-refractivity contribution in [2.45, 2.75) is 24.9 Å². The third-order valence-corrected chi connectivity index (χ3v) is 4.12. The third-order valence-electron chi connectivity index (χ3n) is 4.12. The number of aromatic nitrogens is 1. The summed E-state index contributed by atoms with van der Waals surface area (Å²) in [5, 5.41) is 10.1. The Morgan fingerprint density at radius 3 is 2.77 bits per heavy atom. The van der Waals surface area contributed by atoms with Crippen molar-refractivity contribution in [1.82, 2.24) is 10.3 Å². The van der Waals surface area contributed by atoms with E-state index in [1.165, 1.54) is 0 Å². The molecule has 1 aromatic rings. The molecule has 0 radical (unpaired) electrons. The van der Waals surface area contributed by atoms with Gasteiger partial charge < -0.3 is 20.4 Å². The van der Waals surface area contributed by atoms with Crippen molar-refractivity contribution in [3.8, 4) is 0 Å². The first-order chi connectivity index (χ1) is 10.6. The van der Waals surface area contributed by atoms with E-state index in [1.807, 2.05) is 25.1 Å². The van der Waals surface area contributed by atoms with Gasteiger partial charge in [0.2, 0.25) is 0 Å². The van der Waals surface area contributed by atoms with Crippen LogP contribution in [0.1, 0.15) is 19.3 Å². The van der Waals surface area contributed by atoms with Crippen LogP contribution in [0, 0.1) is 0 Å². The number of hydrogen-bond donors (Lipinski definition) is 2. The molecule has 0 bridgehead atoms. The van der Waals surface area contributed by atoms with E-state index in [2.05, 4.69) is 20.8 Å². The number of carbonyl (C=O) groups is 1. The first-order valence-electron chi connectivity index (χ1n) is 7.48. The smallest absolute Gasteiger partial charge is 0.274 e. The first-order valence-corrected chi connectivity index (χ1v) is 7.48. The second-order valence-electron chi connectivity index (χ2n) is 5.99. The predicted octanol–water partition coefficient (Wildman–Crippen LogP) is 0.985. The monoisotopic (exact) mass is 303 g/mol. The molecule has 1 spiro atoms. The third kappa shape index (κ3) is 3.04. The molecule has 0 saturated carbocycles. The van der Waals surface area contributed by atoms with Gasteiger partial charge in [-0.2, -0.15) is 0 Å². The maximum atomic E-state index is 12.3. The summed E-state index contributed by atoms with van der Waals surface area (Å²) in [7, 11) is 3.89. The van der Waals surface area contributed by atoms with Gasteiger partial charge >= 0.3 is 0 Å². The van der Waals surface area contributed by atoms with Crippen molar-refractivity contribution >= 4 is 23.1 Å². The van der Waals surface area contributed by atoms with Crippen LogP contribution < -0.4 is 15.5 Å². The number of rotatable bonds is 3. The molecular weight excluding hydrogens is 282 g/mol. The highest BCUT2D eigenvalue weighted by atomic mass is 16.7. The van der Waals surface area contributed by atoms with E-state index in [0.717, 1.165) is 31.6 Å². The zero-order valence-electron chi connectivity index (χ0n) is 12.9. The van der Waals surface area contributed by atoms with Crippen LogP contribution >= 0.6 is 0 Å². The molecule has 3 heterocycles. The molecule has 1 fully saturated rings. The average Bonchev–Trinajstić information content (AvgIpc) is 2.92. The van der Waals surface area contributed by atoms with Gasteiger partial charge in [-0.1, -0.05) is 5.16 Å². The van der Waals surface area contributed by atoms with Gasteiger partial charge in [-0.3, -0.25) is 4.79 Å². The standard InChI is InChI=1S/C15H21N5O2/c1-20(2)11-3-4-13(17-10-11)18-14(21)12-9-15(22-19-12)5-7-16-8-6-15/h3-4,10,16H,5-9H2,1-2H3,(H,17,18,21). The van der Waals surface area contributed by atoms with E-state index in [0.29, 0.717) is 18.0 Å². The average molecular weight is 303 g/mol. The van der Waals surface area contributed by atoms with Gasteiger partial charge in [0.25, 0.3) is 5.91 Å². The molecule has 0 aliphatic carbocycles. The van der Waals surface area contributed by atoms with Crippen molar-refractivity contribution in [1.29, 1.82) is 0 Å². The molecule has 22 heavy (non-hydrogen) atoms. The Bertz CT molecular complexity index is 576. The summed E-state index contributed by atoms with van der Waals surface area (Å²) in [6.07, 6.45) is 4.04. The number of carbonyl (C=O) groups excluding carboxylic acids is 1. The number of oxime groups is 1. The fourth-order valence-corrected chi connectivity index (χ4v) is 2.71. The summed E-state index contributed by atoms with van der Waals surface area (Å²) < 4.78 is 0. The lowest BCUT2D eigenvalue weighted by Gasteiger charge is -2.30. The first kappa shape index (κ1) is 14.8. The van der Waals surface area contributed by atoms with Gasteiger partial charge in [0.05, 0.1) is 11.9 Å². The summed E-state index contributed by atoms with van der Waals surface area (Å²) in [6, 6.07) is 3.69. The minimum Gasteiger partial charge on any atom is -0.388 e. The number of pyridine rings is 1. The molecule has 0 unspecified atom stereocenters. The second-order valence-corrected chi connectivity index (χ2v) is 5.99. The highest BCUT2D eigenvalue weighted by Gasteiger charge is 2.42. The fraction of sp³-hybridized carbons (Fsp3) is 0.533. The molecule has 2 aliphatic heterocycles. The fourth-order valence-electron chi connectivity index (χ4n) is 2.71. The molecule has 1 aromatic heterocycles. The summed E-state index contributed by atoms with van der Waals surface area (Å²) >= 11 is 0. The van der Waals surface area contributed by atoms with E-state index in [4.69, 9.17) is 4.84 Å². The number of anilines is 2. The number of nitrogens with zero attached hydrogens (tertiary/aromatic N) is 3. The van der Waals surface area contributed by atoms with Crippen LogP contribution in [0.2, 0.25) is 0 Å². The van der Waals surface area contributed by atoms with E-state index in [1.54, 1.807) is 12.3 Å².